The van der Waals surface area contributed by atoms with Crippen molar-refractivity contribution in [1.29, 1.82) is 0 Å². The van der Waals surface area contributed by atoms with Crippen LogP contribution >= 0.6 is 11.3 Å². The van der Waals surface area contributed by atoms with E-state index >= 15 is 0 Å². The van der Waals surface area contributed by atoms with Gasteiger partial charge in [0.1, 0.15) is 6.04 Å². The number of hydrogen-bond acceptors (Lipinski definition) is 3. The second-order valence-corrected chi connectivity index (χ2v) is 9.96. The average Bonchev–Trinajstić information content (AvgIpc) is 3.05. The first-order valence-electron chi connectivity index (χ1n) is 10.1. The third-order valence-corrected chi connectivity index (χ3v) is 6.65. The van der Waals surface area contributed by atoms with E-state index in [1.54, 1.807) is 0 Å². The smallest absolute Gasteiger partial charge is 0.278 e. The molecule has 2 aliphatic heterocycles. The van der Waals surface area contributed by atoms with E-state index in [1.807, 2.05) is 37.0 Å². The van der Waals surface area contributed by atoms with Crippen molar-refractivity contribution in [2.45, 2.75) is 45.7 Å². The molecule has 0 aromatic carbocycles. The highest BCUT2D eigenvalue weighted by molar-refractivity contribution is 7.10. The Balaban J connectivity index is 1.44. The van der Waals surface area contributed by atoms with Gasteiger partial charge in [-0.3, -0.25) is 9.59 Å². The molecule has 3 rings (SSSR count). The van der Waals surface area contributed by atoms with Crippen LogP contribution in [0.3, 0.4) is 0 Å². The van der Waals surface area contributed by atoms with Gasteiger partial charge in [0.05, 0.1) is 32.7 Å². The molecule has 1 unspecified atom stereocenters. The molecule has 3 heterocycles. The first-order chi connectivity index (χ1) is 12.7. The van der Waals surface area contributed by atoms with Crippen LogP contribution in [0.5, 0.6) is 0 Å². The van der Waals surface area contributed by atoms with E-state index in [4.69, 9.17) is 0 Å². The predicted molar refractivity (Wildman–Crippen MR) is 107 cm³/mol. The maximum atomic E-state index is 12.8. The first-order valence-corrected chi connectivity index (χ1v) is 10.9. The van der Waals surface area contributed by atoms with E-state index in [-0.39, 0.29) is 17.4 Å². The summed E-state index contributed by atoms with van der Waals surface area (Å²) in [6, 6.07) is 2.62. The van der Waals surface area contributed by atoms with Crippen LogP contribution in [0.1, 0.15) is 44.2 Å². The van der Waals surface area contributed by atoms with Crippen molar-refractivity contribution in [2.75, 3.05) is 45.8 Å². The average molecular weight is 395 g/mol. The highest BCUT2D eigenvalue weighted by Crippen LogP contribution is 2.24. The second kappa shape index (κ2) is 8.29. The van der Waals surface area contributed by atoms with Crippen LogP contribution in [-0.2, 0) is 16.0 Å². The van der Waals surface area contributed by atoms with Gasteiger partial charge in [0, 0.05) is 22.4 Å². The van der Waals surface area contributed by atoms with Gasteiger partial charge < -0.3 is 20.0 Å². The molecule has 1 saturated heterocycles. The van der Waals surface area contributed by atoms with Crippen molar-refractivity contribution in [3.63, 3.8) is 0 Å². The number of quaternary nitrogens is 2. The molecule has 1 aromatic rings. The van der Waals surface area contributed by atoms with Gasteiger partial charge in [-0.15, -0.1) is 11.3 Å². The number of carbonyl (C=O) groups is 2. The summed E-state index contributed by atoms with van der Waals surface area (Å²) >= 11 is 1.84. The minimum Gasteiger partial charge on any atom is -0.347 e. The molecular weight excluding hydrogens is 360 g/mol. The minimum absolute atomic E-state index is 0.0930. The van der Waals surface area contributed by atoms with E-state index < -0.39 is 0 Å². The quantitative estimate of drug-likeness (QED) is 0.607. The van der Waals surface area contributed by atoms with E-state index in [1.165, 1.54) is 20.2 Å². The van der Waals surface area contributed by atoms with Crippen molar-refractivity contribution in [3.05, 3.63) is 21.9 Å². The normalized spacial score (nSPS) is 23.8. The van der Waals surface area contributed by atoms with Crippen LogP contribution in [-0.4, -0.2) is 68.1 Å². The molecule has 0 bridgehead atoms. The van der Waals surface area contributed by atoms with Gasteiger partial charge in [-0.25, -0.2) is 0 Å². The zero-order chi connectivity index (χ0) is 19.6. The molecule has 2 aliphatic rings. The molecule has 0 radical (unpaired) electrons. The summed E-state index contributed by atoms with van der Waals surface area (Å²) in [6.45, 7) is 13.6. The lowest BCUT2D eigenvalue weighted by Gasteiger charge is -2.35. The number of carbonyl (C=O) groups excluding carboxylic acids is 2. The lowest BCUT2D eigenvalue weighted by molar-refractivity contribution is -0.924. The Morgan fingerprint density at radius 1 is 1.22 bits per heavy atom. The number of nitrogens with zero attached hydrogens (tertiary/aromatic N) is 1. The van der Waals surface area contributed by atoms with Gasteiger partial charge in [-0.05, 0) is 39.1 Å². The summed E-state index contributed by atoms with van der Waals surface area (Å²) in [5, 5.41) is 5.19. The molecule has 150 valence electrons. The Morgan fingerprint density at radius 3 is 2.59 bits per heavy atom. The Morgan fingerprint density at radius 2 is 1.93 bits per heavy atom. The highest BCUT2D eigenvalue weighted by Gasteiger charge is 2.33. The maximum Gasteiger partial charge on any atom is 0.278 e. The molecule has 2 atom stereocenters. The molecule has 27 heavy (non-hydrogen) atoms. The largest absolute Gasteiger partial charge is 0.347 e. The van der Waals surface area contributed by atoms with E-state index in [0.29, 0.717) is 19.1 Å². The van der Waals surface area contributed by atoms with Crippen molar-refractivity contribution in [2.24, 2.45) is 0 Å². The molecule has 0 aliphatic carbocycles. The standard InChI is InChI=1S/C20H32N4O2S/c1-15-16-6-12-27-17(16)5-7-24(15)14-19(26)23-10-8-22(9-11-23)13-18(25)21-20(2,3)4/h6,12,15H,5,7-11,13-14H2,1-4H3,(H,21,25)/p+2/t15-/m0/s1. The van der Waals surface area contributed by atoms with Gasteiger partial charge in [-0.1, -0.05) is 0 Å². The van der Waals surface area contributed by atoms with Crippen molar-refractivity contribution in [3.8, 4) is 0 Å². The number of thiophene rings is 1. The predicted octanol–water partition coefficient (Wildman–Crippen LogP) is -1.11. The number of amides is 2. The van der Waals surface area contributed by atoms with E-state index in [0.717, 1.165) is 39.1 Å². The molecule has 7 heteroatoms. The van der Waals surface area contributed by atoms with Crippen LogP contribution in [0, 0.1) is 0 Å². The fourth-order valence-electron chi connectivity index (χ4n) is 4.14. The molecular formula is C20H34N4O2S+2. The van der Waals surface area contributed by atoms with Gasteiger partial charge in [0.25, 0.3) is 11.8 Å². The molecule has 2 amide bonds. The van der Waals surface area contributed by atoms with E-state index in [2.05, 4.69) is 23.7 Å². The summed E-state index contributed by atoms with van der Waals surface area (Å²) in [4.78, 5) is 31.0. The van der Waals surface area contributed by atoms with Crippen LogP contribution in [0.2, 0.25) is 0 Å². The van der Waals surface area contributed by atoms with Crippen LogP contribution in [0.15, 0.2) is 11.4 Å². The van der Waals surface area contributed by atoms with Crippen LogP contribution in [0.25, 0.3) is 0 Å². The highest BCUT2D eigenvalue weighted by atomic mass is 32.1. The number of nitrogens with one attached hydrogen (secondary N) is 3. The minimum atomic E-state index is -0.190. The summed E-state index contributed by atoms with van der Waals surface area (Å²) < 4.78 is 0. The van der Waals surface area contributed by atoms with Crippen molar-refractivity contribution < 1.29 is 19.4 Å². The van der Waals surface area contributed by atoms with Gasteiger partial charge in [0.2, 0.25) is 0 Å². The van der Waals surface area contributed by atoms with Gasteiger partial charge in [0.15, 0.2) is 13.1 Å². The zero-order valence-electron chi connectivity index (χ0n) is 17.1. The zero-order valence-corrected chi connectivity index (χ0v) is 17.9. The SMILES string of the molecule is C[C@H]1c2ccsc2CC[NH+]1CC(=O)N1CC[NH+](CC(=O)NC(C)(C)C)CC1. The Hall–Kier alpha value is -1.44. The lowest BCUT2D eigenvalue weighted by Crippen LogP contribution is -3.16. The Bertz CT molecular complexity index is 674. The molecule has 1 aromatic heterocycles. The first kappa shape index (κ1) is 20.3. The van der Waals surface area contributed by atoms with Gasteiger partial charge >= 0.3 is 0 Å². The van der Waals surface area contributed by atoms with Crippen LogP contribution in [0.4, 0.5) is 0 Å². The fourth-order valence-corrected chi connectivity index (χ4v) is 5.12. The third kappa shape index (κ3) is 5.30. The summed E-state index contributed by atoms with van der Waals surface area (Å²) in [6.07, 6.45) is 1.08. The molecule has 0 spiro atoms. The molecule has 0 saturated carbocycles. The Kier molecular flexibility index (Phi) is 6.23. The topological polar surface area (TPSA) is 58.3 Å². The lowest BCUT2D eigenvalue weighted by atomic mass is 10.0. The van der Waals surface area contributed by atoms with Gasteiger partial charge in [-0.2, -0.15) is 0 Å². The van der Waals surface area contributed by atoms with E-state index in [9.17, 15) is 9.59 Å². The fraction of sp³-hybridized carbons (Fsp3) is 0.700. The number of hydrogen-bond donors (Lipinski definition) is 3. The number of piperazine rings is 1. The maximum absolute atomic E-state index is 12.8. The molecule has 1 fully saturated rings. The van der Waals surface area contributed by atoms with Crippen molar-refractivity contribution >= 4 is 23.2 Å². The monoisotopic (exact) mass is 394 g/mol. The number of rotatable bonds is 4. The van der Waals surface area contributed by atoms with Crippen molar-refractivity contribution in [1.82, 2.24) is 10.2 Å². The number of fused-ring (bicyclic) bond motifs is 1. The summed E-state index contributed by atoms with van der Waals surface area (Å²) in [7, 11) is 0. The Labute approximate surface area is 166 Å². The summed E-state index contributed by atoms with van der Waals surface area (Å²) in [5.74, 6) is 0.351. The van der Waals surface area contributed by atoms with Crippen LogP contribution < -0.4 is 15.1 Å². The molecule has 3 N–H and O–H groups in total. The second-order valence-electron chi connectivity index (χ2n) is 8.96. The molecule has 6 nitrogen and oxygen atoms in total. The third-order valence-electron chi connectivity index (χ3n) is 5.66. The summed E-state index contributed by atoms with van der Waals surface area (Å²) in [5.41, 5.74) is 1.23.